The van der Waals surface area contributed by atoms with Gasteiger partial charge in [-0.3, -0.25) is 19.2 Å². The highest BCUT2D eigenvalue weighted by Gasteiger charge is 2.52. The molecule has 1 aliphatic rings. The van der Waals surface area contributed by atoms with Crippen molar-refractivity contribution in [3.63, 3.8) is 0 Å². The Kier molecular flexibility index (Phi) is 10.4. The minimum absolute atomic E-state index is 0.0844. The van der Waals surface area contributed by atoms with E-state index in [4.69, 9.17) is 23.7 Å². The second-order valence-electron chi connectivity index (χ2n) is 7.78. The fourth-order valence-electron chi connectivity index (χ4n) is 3.59. The Bertz CT molecular complexity index is 958. The molecule has 5 atom stereocenters. The van der Waals surface area contributed by atoms with Crippen molar-refractivity contribution in [2.45, 2.75) is 64.6 Å². The van der Waals surface area contributed by atoms with Crippen molar-refractivity contribution < 1.29 is 48.1 Å². The first kappa shape index (κ1) is 27.5. The third-order valence-corrected chi connectivity index (χ3v) is 4.89. The topological polar surface area (TPSA) is 147 Å². The number of carbonyl (C=O) groups is 4. The molecular weight excluding hydrogens is 462 g/mol. The van der Waals surface area contributed by atoms with Crippen molar-refractivity contribution in [1.29, 1.82) is 0 Å². The predicted molar refractivity (Wildman–Crippen MR) is 121 cm³/mol. The molecule has 1 fully saturated rings. The van der Waals surface area contributed by atoms with E-state index < -0.39 is 54.4 Å². The zero-order valence-electron chi connectivity index (χ0n) is 19.9. The monoisotopic (exact) mass is 491 g/mol. The summed E-state index contributed by atoms with van der Waals surface area (Å²) in [5.41, 5.74) is 1.00. The summed E-state index contributed by atoms with van der Waals surface area (Å²) < 4.78 is 27.2. The fraction of sp³-hybridized carbons (Fsp3) is 0.458. The molecule has 0 spiro atoms. The molecule has 0 amide bonds. The highest BCUT2D eigenvalue weighted by atomic mass is 16.7. The van der Waals surface area contributed by atoms with Gasteiger partial charge in [-0.2, -0.15) is 0 Å². The van der Waals surface area contributed by atoms with Gasteiger partial charge in [-0.25, -0.2) is 0 Å². The van der Waals surface area contributed by atoms with E-state index in [-0.39, 0.29) is 18.7 Å². The second kappa shape index (κ2) is 13.2. The van der Waals surface area contributed by atoms with Crippen molar-refractivity contribution in [2.24, 2.45) is 5.16 Å². The van der Waals surface area contributed by atoms with Gasteiger partial charge in [-0.1, -0.05) is 41.6 Å². The highest BCUT2D eigenvalue weighted by molar-refractivity contribution is 5.98. The first-order valence-corrected chi connectivity index (χ1v) is 10.8. The Hall–Kier alpha value is -3.73. The Labute approximate surface area is 202 Å². The van der Waals surface area contributed by atoms with Crippen LogP contribution in [0, 0.1) is 0 Å². The molecule has 1 aliphatic heterocycles. The van der Waals surface area contributed by atoms with Crippen LogP contribution in [0.25, 0.3) is 6.08 Å². The van der Waals surface area contributed by atoms with Gasteiger partial charge in [-0.05, 0) is 11.6 Å². The fourth-order valence-corrected chi connectivity index (χ4v) is 3.59. The van der Waals surface area contributed by atoms with Gasteiger partial charge < -0.3 is 28.9 Å². The molecule has 0 aromatic heterocycles. The van der Waals surface area contributed by atoms with Crippen LogP contribution < -0.4 is 0 Å². The average molecular weight is 491 g/mol. The van der Waals surface area contributed by atoms with Crippen molar-refractivity contribution in [2.75, 3.05) is 6.61 Å². The van der Waals surface area contributed by atoms with Gasteiger partial charge in [0.15, 0.2) is 18.3 Å². The molecule has 11 heteroatoms. The van der Waals surface area contributed by atoms with E-state index in [9.17, 15) is 24.4 Å². The number of benzene rings is 1. The molecule has 0 radical (unpaired) electrons. The smallest absolute Gasteiger partial charge is 0.303 e. The van der Waals surface area contributed by atoms with Crippen molar-refractivity contribution in [3.8, 4) is 0 Å². The molecule has 1 saturated heterocycles. The van der Waals surface area contributed by atoms with E-state index in [1.165, 1.54) is 6.92 Å². The van der Waals surface area contributed by atoms with Gasteiger partial charge in [0.2, 0.25) is 0 Å². The molecule has 1 N–H and O–H groups in total. The minimum Gasteiger partial charge on any atom is -0.463 e. The first-order chi connectivity index (χ1) is 16.6. The van der Waals surface area contributed by atoms with E-state index in [2.05, 4.69) is 5.16 Å². The lowest BCUT2D eigenvalue weighted by Gasteiger charge is -2.44. The minimum atomic E-state index is -1.28. The van der Waals surface area contributed by atoms with Crippen LogP contribution in [0.3, 0.4) is 0 Å². The molecule has 0 aliphatic carbocycles. The summed E-state index contributed by atoms with van der Waals surface area (Å²) >= 11 is 0. The summed E-state index contributed by atoms with van der Waals surface area (Å²) in [6, 6.07) is 9.24. The van der Waals surface area contributed by atoms with Crippen LogP contribution in [0.15, 0.2) is 41.6 Å². The van der Waals surface area contributed by atoms with Gasteiger partial charge in [0, 0.05) is 34.1 Å². The van der Waals surface area contributed by atoms with Gasteiger partial charge in [-0.15, -0.1) is 0 Å². The van der Waals surface area contributed by atoms with E-state index in [1.54, 1.807) is 12.2 Å². The maximum Gasteiger partial charge on any atom is 0.303 e. The molecular formula is C24H29NO10. The number of hydrogen-bond donors (Lipinski definition) is 1. The number of ether oxygens (including phenoxy) is 5. The third-order valence-electron chi connectivity index (χ3n) is 4.89. The second-order valence-corrected chi connectivity index (χ2v) is 7.78. The number of carbonyl (C=O) groups excluding carboxylic acids is 4. The summed E-state index contributed by atoms with van der Waals surface area (Å²) in [5, 5.41) is 12.9. The summed E-state index contributed by atoms with van der Waals surface area (Å²) in [5.74, 6) is -2.76. The lowest BCUT2D eigenvalue weighted by molar-refractivity contribution is -0.251. The van der Waals surface area contributed by atoms with E-state index in [0.717, 1.165) is 26.3 Å². The number of nitrogens with zero attached hydrogens (tertiary/aromatic N) is 1. The number of oxime groups is 1. The van der Waals surface area contributed by atoms with Crippen LogP contribution in [0.2, 0.25) is 0 Å². The summed E-state index contributed by atoms with van der Waals surface area (Å²) in [4.78, 5) is 47.0. The maximum absolute atomic E-state index is 11.9. The largest absolute Gasteiger partial charge is 0.463 e. The lowest BCUT2D eigenvalue weighted by atomic mass is 9.91. The van der Waals surface area contributed by atoms with Gasteiger partial charge >= 0.3 is 23.9 Å². The normalized spacial score (nSPS) is 24.5. The van der Waals surface area contributed by atoms with E-state index in [1.807, 2.05) is 30.3 Å². The molecule has 1 aromatic rings. The van der Waals surface area contributed by atoms with Crippen molar-refractivity contribution in [3.05, 3.63) is 42.0 Å². The molecule has 0 saturated carbocycles. The zero-order chi connectivity index (χ0) is 26.0. The first-order valence-electron chi connectivity index (χ1n) is 10.8. The Morgan fingerprint density at radius 3 is 1.91 bits per heavy atom. The molecule has 190 valence electrons. The molecule has 1 aromatic carbocycles. The number of esters is 4. The highest BCUT2D eigenvalue weighted by Crippen LogP contribution is 2.31. The Morgan fingerprint density at radius 1 is 0.857 bits per heavy atom. The van der Waals surface area contributed by atoms with Crippen LogP contribution in [0.5, 0.6) is 0 Å². The van der Waals surface area contributed by atoms with E-state index in [0.29, 0.717) is 0 Å². The number of allylic oxidation sites excluding steroid dienone is 1. The van der Waals surface area contributed by atoms with Crippen molar-refractivity contribution in [1.82, 2.24) is 0 Å². The summed E-state index contributed by atoms with van der Waals surface area (Å²) in [6.07, 6.45) is -2.66. The SMILES string of the molecule is CC(=O)OC[C@H]1O[C@@H](CC(/C=C/c2ccccc2)=N\O)[C@H](OC(C)=O)[C@@H](OC(C)=O)[C@@H]1OC(C)=O. The predicted octanol–water partition coefficient (Wildman–Crippen LogP) is 2.05. The molecule has 1 heterocycles. The van der Waals surface area contributed by atoms with Crippen LogP contribution in [0.1, 0.15) is 39.7 Å². The van der Waals surface area contributed by atoms with Crippen molar-refractivity contribution >= 4 is 35.7 Å². The van der Waals surface area contributed by atoms with Gasteiger partial charge in [0.25, 0.3) is 0 Å². The summed E-state index contributed by atoms with van der Waals surface area (Å²) in [6.45, 7) is 4.30. The quantitative estimate of drug-likeness (QED) is 0.179. The van der Waals surface area contributed by atoms with Gasteiger partial charge in [0.05, 0.1) is 5.71 Å². The average Bonchev–Trinajstić information content (AvgIpc) is 2.78. The standard InChI is InChI=1S/C24H29NO10/c1-14(26)31-13-21-23(33-16(3)28)24(34-17(4)29)22(32-15(2)27)20(35-21)12-19(25-30)11-10-18-8-6-5-7-9-18/h5-11,20-24,30H,12-13H2,1-4H3/b11-10+,25-19-/t20-,21+,22-,23+,24+/m0/s1. The molecule has 0 unspecified atom stereocenters. The van der Waals surface area contributed by atoms with E-state index >= 15 is 0 Å². The Morgan fingerprint density at radius 2 is 1.40 bits per heavy atom. The van der Waals surface area contributed by atoms with Gasteiger partial charge in [0.1, 0.15) is 18.8 Å². The molecule has 0 bridgehead atoms. The van der Waals surface area contributed by atoms with Crippen LogP contribution >= 0.6 is 0 Å². The summed E-state index contributed by atoms with van der Waals surface area (Å²) in [7, 11) is 0. The van der Waals surface area contributed by atoms with Crippen LogP contribution in [-0.4, -0.2) is 71.9 Å². The molecule has 35 heavy (non-hydrogen) atoms. The molecule has 2 rings (SSSR count). The third kappa shape index (κ3) is 8.85. The number of hydrogen-bond acceptors (Lipinski definition) is 11. The maximum atomic E-state index is 11.9. The Balaban J connectivity index is 2.41. The zero-order valence-corrected chi connectivity index (χ0v) is 19.9. The van der Waals surface area contributed by atoms with Crippen LogP contribution in [0.4, 0.5) is 0 Å². The number of rotatable bonds is 9. The lowest BCUT2D eigenvalue weighted by Crippen LogP contribution is -2.62. The molecule has 11 nitrogen and oxygen atoms in total. The van der Waals surface area contributed by atoms with Crippen LogP contribution in [-0.2, 0) is 42.9 Å².